The number of carbonyl (C=O) groups excluding carboxylic acids is 2. The van der Waals surface area contributed by atoms with Gasteiger partial charge in [-0.15, -0.1) is 0 Å². The predicted molar refractivity (Wildman–Crippen MR) is 104 cm³/mol. The molecule has 0 aliphatic heterocycles. The van der Waals surface area contributed by atoms with Gasteiger partial charge in [0.1, 0.15) is 5.82 Å². The molecule has 1 aromatic carbocycles. The van der Waals surface area contributed by atoms with Gasteiger partial charge in [-0.3, -0.25) is 9.59 Å². The summed E-state index contributed by atoms with van der Waals surface area (Å²) in [7, 11) is 0. The number of fused-ring (bicyclic) bond motifs is 1. The maximum absolute atomic E-state index is 13.0. The van der Waals surface area contributed by atoms with Crippen molar-refractivity contribution in [3.05, 3.63) is 65.9 Å². The van der Waals surface area contributed by atoms with Crippen LogP contribution in [-0.4, -0.2) is 21.6 Å². The summed E-state index contributed by atoms with van der Waals surface area (Å²) in [4.78, 5) is 25.4. The summed E-state index contributed by atoms with van der Waals surface area (Å²) in [6, 6.07) is 15.2. The van der Waals surface area contributed by atoms with Crippen LogP contribution in [0.5, 0.6) is 0 Å². The highest BCUT2D eigenvalue weighted by Gasteiger charge is 2.28. The van der Waals surface area contributed by atoms with Gasteiger partial charge in [-0.05, 0) is 52.0 Å². The van der Waals surface area contributed by atoms with E-state index in [4.69, 9.17) is 0 Å². The van der Waals surface area contributed by atoms with Gasteiger partial charge in [0.05, 0.1) is 16.6 Å². The van der Waals surface area contributed by atoms with Crippen molar-refractivity contribution >= 4 is 28.7 Å². The lowest BCUT2D eigenvalue weighted by Gasteiger charge is -2.20. The number of benzene rings is 1. The molecule has 134 valence electrons. The van der Waals surface area contributed by atoms with Gasteiger partial charge in [0.15, 0.2) is 5.78 Å². The van der Waals surface area contributed by atoms with Crippen LogP contribution in [0, 0.1) is 0 Å². The lowest BCUT2D eigenvalue weighted by Crippen LogP contribution is -2.41. The fraction of sp³-hybridized carbons (Fsp3) is 0.238. The Kier molecular flexibility index (Phi) is 4.55. The van der Waals surface area contributed by atoms with Crippen molar-refractivity contribution in [2.75, 3.05) is 5.32 Å². The maximum Gasteiger partial charge on any atom is 0.254 e. The molecule has 2 N–H and O–H groups in total. The smallest absolute Gasteiger partial charge is 0.254 e. The van der Waals surface area contributed by atoms with Crippen molar-refractivity contribution in [1.82, 2.24) is 9.72 Å². The number of nitrogens with zero attached hydrogens (tertiary/aromatic N) is 1. The molecule has 0 saturated heterocycles. The number of ketones is 1. The second-order valence-electron chi connectivity index (χ2n) is 7.31. The summed E-state index contributed by atoms with van der Waals surface area (Å²) in [6.45, 7) is 7.23. The molecule has 5 heteroatoms. The lowest BCUT2D eigenvalue weighted by atomic mass is 10.0. The molecule has 0 radical (unpaired) electrons. The van der Waals surface area contributed by atoms with Crippen molar-refractivity contribution in [1.29, 1.82) is 0 Å². The number of pyridine rings is 1. The van der Waals surface area contributed by atoms with Gasteiger partial charge >= 0.3 is 0 Å². The molecule has 0 aliphatic rings. The molecule has 2 aromatic heterocycles. The number of anilines is 2. The second-order valence-corrected chi connectivity index (χ2v) is 7.31. The third-order valence-corrected chi connectivity index (χ3v) is 3.95. The van der Waals surface area contributed by atoms with E-state index in [0.717, 1.165) is 5.69 Å². The third-order valence-electron chi connectivity index (χ3n) is 3.95. The van der Waals surface area contributed by atoms with Crippen LogP contribution >= 0.6 is 0 Å². The summed E-state index contributed by atoms with van der Waals surface area (Å²) in [6.07, 6.45) is 1.85. The highest BCUT2D eigenvalue weighted by Crippen LogP contribution is 2.31. The van der Waals surface area contributed by atoms with E-state index in [0.29, 0.717) is 22.5 Å². The van der Waals surface area contributed by atoms with Crippen molar-refractivity contribution in [2.24, 2.45) is 0 Å². The van der Waals surface area contributed by atoms with Crippen LogP contribution in [0.2, 0.25) is 0 Å². The molecule has 0 bridgehead atoms. The first kappa shape index (κ1) is 17.7. The minimum Gasteiger partial charge on any atom is -0.347 e. The number of hydrogen-bond donors (Lipinski definition) is 2. The first-order chi connectivity index (χ1) is 12.3. The van der Waals surface area contributed by atoms with Gasteiger partial charge in [0.25, 0.3) is 5.91 Å². The normalized spacial score (nSPS) is 11.4. The molecule has 3 aromatic rings. The van der Waals surface area contributed by atoms with Gasteiger partial charge in [-0.1, -0.05) is 24.3 Å². The van der Waals surface area contributed by atoms with Gasteiger partial charge in [-0.25, -0.2) is 0 Å². The summed E-state index contributed by atoms with van der Waals surface area (Å²) < 4.78 is 1.85. The van der Waals surface area contributed by atoms with E-state index in [2.05, 4.69) is 10.6 Å². The SMILES string of the molecule is CC(=O)c1c(C(=O)NC(C)(C)C)c2ccccn2c1Nc1ccccc1. The van der Waals surface area contributed by atoms with Crippen LogP contribution in [0.1, 0.15) is 48.4 Å². The lowest BCUT2D eigenvalue weighted by molar-refractivity contribution is 0.0910. The van der Waals surface area contributed by atoms with Crippen LogP contribution in [0.3, 0.4) is 0 Å². The summed E-state index contributed by atoms with van der Waals surface area (Å²) in [5.74, 6) is 0.178. The molecular weight excluding hydrogens is 326 g/mol. The van der Waals surface area contributed by atoms with Crippen molar-refractivity contribution in [2.45, 2.75) is 33.2 Å². The number of rotatable bonds is 4. The highest BCUT2D eigenvalue weighted by atomic mass is 16.2. The molecule has 26 heavy (non-hydrogen) atoms. The Labute approximate surface area is 153 Å². The minimum atomic E-state index is -0.402. The number of nitrogens with one attached hydrogen (secondary N) is 2. The highest BCUT2D eigenvalue weighted by molar-refractivity contribution is 6.15. The summed E-state index contributed by atoms with van der Waals surface area (Å²) in [5.41, 5.74) is 1.92. The molecule has 0 saturated carbocycles. The number of para-hydroxylation sites is 1. The first-order valence-electron chi connectivity index (χ1n) is 8.56. The number of aromatic nitrogens is 1. The monoisotopic (exact) mass is 349 g/mol. The molecule has 5 nitrogen and oxygen atoms in total. The molecule has 0 atom stereocenters. The van der Waals surface area contributed by atoms with Crippen LogP contribution in [0.4, 0.5) is 11.5 Å². The molecular formula is C21H23N3O2. The quantitative estimate of drug-likeness (QED) is 0.686. The van der Waals surface area contributed by atoms with Crippen LogP contribution < -0.4 is 10.6 Å². The molecule has 2 heterocycles. The van der Waals surface area contributed by atoms with E-state index < -0.39 is 5.54 Å². The van der Waals surface area contributed by atoms with Gasteiger partial charge < -0.3 is 15.0 Å². The third kappa shape index (κ3) is 3.47. The molecule has 0 fully saturated rings. The van der Waals surface area contributed by atoms with Crippen LogP contribution in [0.15, 0.2) is 54.7 Å². The average molecular weight is 349 g/mol. The fourth-order valence-corrected chi connectivity index (χ4v) is 2.97. The van der Waals surface area contributed by atoms with Gasteiger partial charge in [-0.2, -0.15) is 0 Å². The van der Waals surface area contributed by atoms with E-state index in [1.807, 2.05) is 79.9 Å². The Hall–Kier alpha value is -3.08. The molecule has 0 unspecified atom stereocenters. The number of Topliss-reactive ketones (excluding diaryl/α,β-unsaturated/α-hetero) is 1. The number of amides is 1. The van der Waals surface area contributed by atoms with Crippen molar-refractivity contribution < 1.29 is 9.59 Å². The minimum absolute atomic E-state index is 0.161. The Morgan fingerprint density at radius 3 is 2.19 bits per heavy atom. The van der Waals surface area contributed by atoms with E-state index in [9.17, 15) is 9.59 Å². The predicted octanol–water partition coefficient (Wildman–Crippen LogP) is 4.41. The first-order valence-corrected chi connectivity index (χ1v) is 8.56. The standard InChI is InChI=1S/C21H23N3O2/c1-14(25)17-18(20(26)23-21(2,3)4)16-12-8-9-13-24(16)19(17)22-15-10-6-5-7-11-15/h5-13,22H,1-4H3,(H,23,26). The summed E-state index contributed by atoms with van der Waals surface area (Å²) in [5, 5.41) is 6.26. The second kappa shape index (κ2) is 6.67. The van der Waals surface area contributed by atoms with Crippen molar-refractivity contribution in [3.63, 3.8) is 0 Å². The van der Waals surface area contributed by atoms with Crippen LogP contribution in [-0.2, 0) is 0 Å². The fourth-order valence-electron chi connectivity index (χ4n) is 2.97. The van der Waals surface area contributed by atoms with Crippen molar-refractivity contribution in [3.8, 4) is 0 Å². The zero-order valence-corrected chi connectivity index (χ0v) is 15.5. The van der Waals surface area contributed by atoms with E-state index >= 15 is 0 Å². The maximum atomic E-state index is 13.0. The van der Waals surface area contributed by atoms with E-state index in [-0.39, 0.29) is 11.7 Å². The van der Waals surface area contributed by atoms with E-state index in [1.54, 1.807) is 0 Å². The average Bonchev–Trinajstić information content (AvgIpc) is 2.89. The summed E-state index contributed by atoms with van der Waals surface area (Å²) >= 11 is 0. The molecule has 0 spiro atoms. The van der Waals surface area contributed by atoms with E-state index in [1.165, 1.54) is 6.92 Å². The van der Waals surface area contributed by atoms with Gasteiger partial charge in [0, 0.05) is 17.4 Å². The molecule has 1 amide bonds. The zero-order valence-electron chi connectivity index (χ0n) is 15.5. The number of carbonyl (C=O) groups is 2. The Balaban J connectivity index is 2.23. The largest absolute Gasteiger partial charge is 0.347 e. The van der Waals surface area contributed by atoms with Gasteiger partial charge in [0.2, 0.25) is 0 Å². The molecule has 0 aliphatic carbocycles. The Morgan fingerprint density at radius 1 is 0.923 bits per heavy atom. The Bertz CT molecular complexity index is 966. The number of hydrogen-bond acceptors (Lipinski definition) is 3. The molecule has 3 rings (SSSR count). The Morgan fingerprint density at radius 2 is 1.58 bits per heavy atom. The zero-order chi connectivity index (χ0) is 18.9. The topological polar surface area (TPSA) is 62.6 Å². The van der Waals surface area contributed by atoms with Crippen LogP contribution in [0.25, 0.3) is 5.52 Å².